The third-order valence-corrected chi connectivity index (χ3v) is 6.82. The summed E-state index contributed by atoms with van der Waals surface area (Å²) in [7, 11) is 0. The number of phenols is 2. The smallest absolute Gasteiger partial charge is 0.338 e. The maximum absolute atomic E-state index is 12.5. The Bertz CT molecular complexity index is 2330. The molecule has 0 aliphatic carbocycles. The fourth-order valence-electron chi connectivity index (χ4n) is 4.33. The first-order valence-electron chi connectivity index (χ1n) is 14.4. The lowest BCUT2D eigenvalue weighted by Gasteiger charge is -2.07. The zero-order chi connectivity index (χ0) is 34.5. The molecule has 0 atom stereocenters. The molecule has 0 unspecified atom stereocenters. The summed E-state index contributed by atoms with van der Waals surface area (Å²) in [5.41, 5.74) is 2.14. The van der Waals surface area contributed by atoms with Gasteiger partial charge in [-0.2, -0.15) is 0 Å². The number of hydrogen-bond acceptors (Lipinski definition) is 10. The van der Waals surface area contributed by atoms with E-state index in [2.05, 4.69) is 13.2 Å². The van der Waals surface area contributed by atoms with Crippen molar-refractivity contribution in [3.63, 3.8) is 0 Å². The summed E-state index contributed by atoms with van der Waals surface area (Å²) in [4.78, 5) is 47.7. The molecule has 0 aliphatic rings. The minimum atomic E-state index is -0.571. The third kappa shape index (κ3) is 7.57. The van der Waals surface area contributed by atoms with Crippen molar-refractivity contribution < 1.29 is 38.1 Å². The third-order valence-electron chi connectivity index (χ3n) is 6.82. The van der Waals surface area contributed by atoms with Gasteiger partial charge in [0.15, 0.2) is 10.9 Å². The summed E-state index contributed by atoms with van der Waals surface area (Å²) in [6.45, 7) is 10.1. The van der Waals surface area contributed by atoms with E-state index in [-0.39, 0.29) is 39.1 Å². The van der Waals surface area contributed by atoms with Crippen LogP contribution in [-0.2, 0) is 9.59 Å². The molecule has 10 nitrogen and oxygen atoms in total. The number of carbonyl (C=O) groups excluding carboxylic acids is 2. The molecule has 48 heavy (non-hydrogen) atoms. The number of phenolic OH excluding ortho intramolecular Hbond substituents is 2. The highest BCUT2D eigenvalue weighted by Gasteiger charge is 2.12. The Kier molecular flexibility index (Phi) is 9.37. The molecule has 2 N–H and O–H groups in total. The lowest BCUT2D eigenvalue weighted by molar-refractivity contribution is -0.130. The van der Waals surface area contributed by atoms with Crippen LogP contribution in [-0.4, -0.2) is 22.2 Å². The van der Waals surface area contributed by atoms with Crippen LogP contribution in [0.1, 0.15) is 13.8 Å². The lowest BCUT2D eigenvalue weighted by atomic mass is 10.1. The number of esters is 2. The quantitative estimate of drug-likeness (QED) is 0.107. The van der Waals surface area contributed by atoms with E-state index < -0.39 is 11.9 Å². The molecule has 0 amide bonds. The predicted molar refractivity (Wildman–Crippen MR) is 180 cm³/mol. The molecule has 2 heterocycles. The number of ether oxygens (including phenoxy) is 2. The number of carbonyl (C=O) groups is 2. The monoisotopic (exact) mass is 644 g/mol. The van der Waals surface area contributed by atoms with Gasteiger partial charge in [0.2, 0.25) is 0 Å². The number of hydrogen-bond donors (Lipinski definition) is 2. The van der Waals surface area contributed by atoms with Crippen molar-refractivity contribution >= 4 is 33.9 Å². The maximum Gasteiger partial charge on any atom is 0.338 e. The summed E-state index contributed by atoms with van der Waals surface area (Å²) in [6.07, 6.45) is 0. The molecule has 4 aromatic carbocycles. The van der Waals surface area contributed by atoms with Gasteiger partial charge >= 0.3 is 11.9 Å². The second-order valence-electron chi connectivity index (χ2n) is 10.7. The van der Waals surface area contributed by atoms with Crippen LogP contribution < -0.4 is 20.3 Å². The highest BCUT2D eigenvalue weighted by atomic mass is 16.5. The van der Waals surface area contributed by atoms with E-state index in [0.29, 0.717) is 50.5 Å². The molecular formula is C38H28O10. The Morgan fingerprint density at radius 2 is 0.979 bits per heavy atom. The first-order chi connectivity index (χ1) is 22.9. The van der Waals surface area contributed by atoms with Gasteiger partial charge in [-0.15, -0.1) is 0 Å². The molecule has 2 aromatic heterocycles. The highest BCUT2D eigenvalue weighted by molar-refractivity contribution is 5.90. The van der Waals surface area contributed by atoms with Crippen LogP contribution >= 0.6 is 0 Å². The van der Waals surface area contributed by atoms with Crippen LogP contribution in [0.15, 0.2) is 140 Å². The average Bonchev–Trinajstić information content (AvgIpc) is 3.06. The van der Waals surface area contributed by atoms with Crippen LogP contribution in [0.25, 0.3) is 44.6 Å². The van der Waals surface area contributed by atoms with E-state index >= 15 is 0 Å². The fourth-order valence-corrected chi connectivity index (χ4v) is 4.33. The van der Waals surface area contributed by atoms with Gasteiger partial charge in [0.05, 0.1) is 10.8 Å². The normalized spacial score (nSPS) is 10.5. The van der Waals surface area contributed by atoms with Crippen molar-refractivity contribution in [1.29, 1.82) is 0 Å². The Hall–Kier alpha value is -6.68. The van der Waals surface area contributed by atoms with Crippen molar-refractivity contribution in [2.45, 2.75) is 13.8 Å². The van der Waals surface area contributed by atoms with Crippen LogP contribution in [0.5, 0.6) is 23.0 Å². The number of rotatable bonds is 6. The molecule has 0 spiro atoms. The summed E-state index contributed by atoms with van der Waals surface area (Å²) in [5.74, 6) is 0.447. The van der Waals surface area contributed by atoms with Gasteiger partial charge < -0.3 is 28.5 Å². The number of fused-ring (bicyclic) bond motifs is 2. The van der Waals surface area contributed by atoms with Crippen molar-refractivity contribution in [3.8, 4) is 45.6 Å². The molecule has 0 radical (unpaired) electrons. The van der Waals surface area contributed by atoms with E-state index in [4.69, 9.17) is 18.3 Å². The van der Waals surface area contributed by atoms with Gasteiger partial charge in [-0.3, -0.25) is 9.59 Å². The molecule has 6 aromatic rings. The Morgan fingerprint density at radius 1 is 0.562 bits per heavy atom. The Morgan fingerprint density at radius 3 is 1.50 bits per heavy atom. The van der Waals surface area contributed by atoms with Crippen LogP contribution in [0.4, 0.5) is 0 Å². The van der Waals surface area contributed by atoms with E-state index in [9.17, 15) is 29.4 Å². The first kappa shape index (κ1) is 32.7. The summed E-state index contributed by atoms with van der Waals surface area (Å²) < 4.78 is 21.7. The molecule has 10 heteroatoms. The number of aromatic hydroxyl groups is 2. The van der Waals surface area contributed by atoms with E-state index in [1.54, 1.807) is 55.5 Å². The molecule has 0 saturated carbocycles. The van der Waals surface area contributed by atoms with Crippen molar-refractivity contribution in [1.82, 2.24) is 0 Å². The Balaban J connectivity index is 0.000000204. The SMILES string of the molecule is C=C(C)C(=O)Oc1ccc(-c2cc(=O)c3cc(OC(=O)C(=C)C)ccc3o2)cc1.O=c1cc(-c2ccc(O)cc2)oc2ccc(O)cc12. The number of benzene rings is 4. The highest BCUT2D eigenvalue weighted by Crippen LogP contribution is 2.27. The van der Waals surface area contributed by atoms with Crippen LogP contribution in [0, 0.1) is 0 Å². The van der Waals surface area contributed by atoms with Gasteiger partial charge in [0, 0.05) is 34.4 Å². The van der Waals surface area contributed by atoms with E-state index in [1.807, 2.05) is 0 Å². The molecule has 0 bridgehead atoms. The van der Waals surface area contributed by atoms with E-state index in [1.165, 1.54) is 55.5 Å². The molecule has 0 saturated heterocycles. The molecular weight excluding hydrogens is 616 g/mol. The molecule has 240 valence electrons. The molecule has 6 rings (SSSR count). The minimum Gasteiger partial charge on any atom is -0.508 e. The lowest BCUT2D eigenvalue weighted by Crippen LogP contribution is -2.09. The first-order valence-corrected chi connectivity index (χ1v) is 14.4. The standard InChI is InChI=1S/C23H18O6.C15H10O4/c1-13(2)22(25)27-16-7-5-15(6-8-16)21-12-19(24)18-11-17(9-10-20(18)29-21)28-23(26)14(3)4;16-10-3-1-9(2-4-10)15-8-13(18)12-7-11(17)5-6-14(12)19-15/h5-12H,1,3H2,2,4H3;1-8,16-17H. The average molecular weight is 645 g/mol. The van der Waals surface area contributed by atoms with Gasteiger partial charge in [-0.25, -0.2) is 9.59 Å². The molecule has 0 aliphatic heterocycles. The molecule has 0 fully saturated rings. The second-order valence-corrected chi connectivity index (χ2v) is 10.7. The zero-order valence-electron chi connectivity index (χ0n) is 25.8. The van der Waals surface area contributed by atoms with Crippen molar-refractivity contribution in [3.05, 3.63) is 142 Å². The van der Waals surface area contributed by atoms with Gasteiger partial charge in [0.1, 0.15) is 45.7 Å². The largest absolute Gasteiger partial charge is 0.508 e. The van der Waals surface area contributed by atoms with Crippen LogP contribution in [0.2, 0.25) is 0 Å². The summed E-state index contributed by atoms with van der Waals surface area (Å²) >= 11 is 0. The van der Waals surface area contributed by atoms with Crippen LogP contribution in [0.3, 0.4) is 0 Å². The van der Waals surface area contributed by atoms with Crippen molar-refractivity contribution in [2.75, 3.05) is 0 Å². The van der Waals surface area contributed by atoms with Gasteiger partial charge in [0.25, 0.3) is 0 Å². The predicted octanol–water partition coefficient (Wildman–Crippen LogP) is 7.29. The topological polar surface area (TPSA) is 153 Å². The summed E-state index contributed by atoms with van der Waals surface area (Å²) in [5, 5.41) is 19.2. The van der Waals surface area contributed by atoms with Crippen molar-refractivity contribution in [2.24, 2.45) is 0 Å². The zero-order valence-corrected chi connectivity index (χ0v) is 25.8. The fraction of sp³-hybridized carbons (Fsp3) is 0.0526. The Labute approximate surface area is 273 Å². The second kappa shape index (κ2) is 13.8. The minimum absolute atomic E-state index is 0.0252. The van der Waals surface area contributed by atoms with Gasteiger partial charge in [-0.05, 0) is 98.8 Å². The maximum atomic E-state index is 12.5. The summed E-state index contributed by atoms with van der Waals surface area (Å²) in [6, 6.07) is 24.6. The van der Waals surface area contributed by atoms with E-state index in [0.717, 1.165) is 0 Å². The van der Waals surface area contributed by atoms with Gasteiger partial charge in [-0.1, -0.05) is 13.2 Å².